The van der Waals surface area contributed by atoms with Crippen LogP contribution in [0.5, 0.6) is 5.75 Å². The number of ether oxygens (including phenoxy) is 2. The second-order valence-corrected chi connectivity index (χ2v) is 9.82. The van der Waals surface area contributed by atoms with Gasteiger partial charge in [0.2, 0.25) is 0 Å². The summed E-state index contributed by atoms with van der Waals surface area (Å²) in [6, 6.07) is 6.89. The molecular formula is C26H33NO5S. The van der Waals surface area contributed by atoms with Gasteiger partial charge in [-0.1, -0.05) is 19.9 Å². The molecule has 1 atom stereocenters. The first-order chi connectivity index (χ1) is 15.7. The van der Waals surface area contributed by atoms with Gasteiger partial charge in [-0.3, -0.25) is 9.59 Å². The van der Waals surface area contributed by atoms with Gasteiger partial charge in [0, 0.05) is 23.6 Å². The third kappa shape index (κ3) is 5.14. The number of amides is 1. The number of methoxy groups -OCH3 is 1. The van der Waals surface area contributed by atoms with Crippen LogP contribution in [0.3, 0.4) is 0 Å². The summed E-state index contributed by atoms with van der Waals surface area (Å²) < 4.78 is 11.1. The number of aliphatic hydroxyl groups is 1. The molecule has 33 heavy (non-hydrogen) atoms. The molecule has 1 saturated heterocycles. The van der Waals surface area contributed by atoms with Crippen LogP contribution in [0.4, 0.5) is 0 Å². The standard InChI is InChI=1S/C26H33NO5S/c1-15(2)18-14-19(17(5)13-20(18)31-6)24(28)22-23(21-9-7-12-33-21)27(26(30)25(22)29)10-8-11-32-16(3)4/h7,9,12-16,23,28H,8,10-11H2,1-6H3/b24-22+. The molecule has 0 bridgehead atoms. The summed E-state index contributed by atoms with van der Waals surface area (Å²) in [5, 5.41) is 13.3. The van der Waals surface area contributed by atoms with Gasteiger partial charge in [0.1, 0.15) is 11.5 Å². The van der Waals surface area contributed by atoms with Crippen LogP contribution in [0, 0.1) is 6.92 Å². The van der Waals surface area contributed by atoms with E-state index in [9.17, 15) is 14.7 Å². The molecule has 1 N–H and O–H groups in total. The SMILES string of the molecule is COc1cc(C)c(/C(O)=C2\C(=O)C(=O)N(CCCOC(C)C)C2c2cccs2)cc1C(C)C. The quantitative estimate of drug-likeness (QED) is 0.229. The van der Waals surface area contributed by atoms with Crippen molar-refractivity contribution in [2.75, 3.05) is 20.3 Å². The minimum Gasteiger partial charge on any atom is -0.507 e. The average molecular weight is 472 g/mol. The number of nitrogens with zero attached hydrogens (tertiary/aromatic N) is 1. The number of hydrogen-bond donors (Lipinski definition) is 1. The van der Waals surface area contributed by atoms with E-state index in [4.69, 9.17) is 9.47 Å². The number of likely N-dealkylation sites (tertiary alicyclic amines) is 1. The Bertz CT molecular complexity index is 1040. The second-order valence-electron chi connectivity index (χ2n) is 8.84. The lowest BCUT2D eigenvalue weighted by molar-refractivity contribution is -0.140. The topological polar surface area (TPSA) is 76.1 Å². The smallest absolute Gasteiger partial charge is 0.295 e. The van der Waals surface area contributed by atoms with Crippen molar-refractivity contribution in [1.82, 2.24) is 4.90 Å². The number of rotatable bonds is 9. The van der Waals surface area contributed by atoms with E-state index >= 15 is 0 Å². The Kier molecular flexibility index (Phi) is 7.97. The molecule has 1 aromatic heterocycles. The Hall–Kier alpha value is -2.64. The summed E-state index contributed by atoms with van der Waals surface area (Å²) in [6.45, 7) is 10.7. The number of ketones is 1. The molecule has 0 radical (unpaired) electrons. The van der Waals surface area contributed by atoms with Crippen LogP contribution in [0.25, 0.3) is 5.76 Å². The van der Waals surface area contributed by atoms with Crippen molar-refractivity contribution in [3.8, 4) is 5.75 Å². The fourth-order valence-corrected chi connectivity index (χ4v) is 4.98. The monoisotopic (exact) mass is 471 g/mol. The van der Waals surface area contributed by atoms with Crippen LogP contribution in [0.15, 0.2) is 35.2 Å². The predicted octanol–water partition coefficient (Wildman–Crippen LogP) is 5.43. The summed E-state index contributed by atoms with van der Waals surface area (Å²) in [5.74, 6) is -0.496. The van der Waals surface area contributed by atoms with E-state index in [2.05, 4.69) is 0 Å². The van der Waals surface area contributed by atoms with Gasteiger partial charge >= 0.3 is 0 Å². The normalized spacial score (nSPS) is 18.1. The highest BCUT2D eigenvalue weighted by atomic mass is 32.1. The van der Waals surface area contributed by atoms with Crippen molar-refractivity contribution >= 4 is 28.8 Å². The molecule has 1 aromatic carbocycles. The molecule has 2 aromatic rings. The lowest BCUT2D eigenvalue weighted by atomic mass is 9.92. The zero-order valence-electron chi connectivity index (χ0n) is 20.2. The maximum atomic E-state index is 13.2. The predicted molar refractivity (Wildman–Crippen MR) is 131 cm³/mol. The van der Waals surface area contributed by atoms with E-state index in [1.165, 1.54) is 11.3 Å². The number of thiophene rings is 1. The summed E-state index contributed by atoms with van der Waals surface area (Å²) in [7, 11) is 1.62. The Morgan fingerprint density at radius 1 is 1.21 bits per heavy atom. The minimum atomic E-state index is -0.656. The lowest BCUT2D eigenvalue weighted by Crippen LogP contribution is -2.31. The van der Waals surface area contributed by atoms with E-state index in [0.29, 0.717) is 25.1 Å². The first-order valence-corrected chi connectivity index (χ1v) is 12.2. The summed E-state index contributed by atoms with van der Waals surface area (Å²) in [4.78, 5) is 28.6. The Morgan fingerprint density at radius 3 is 2.52 bits per heavy atom. The lowest BCUT2D eigenvalue weighted by Gasteiger charge is -2.24. The first-order valence-electron chi connectivity index (χ1n) is 11.3. The number of carbonyl (C=O) groups is 2. The average Bonchev–Trinajstić information content (AvgIpc) is 3.37. The number of benzene rings is 1. The van der Waals surface area contributed by atoms with E-state index in [0.717, 1.165) is 21.8 Å². The maximum absolute atomic E-state index is 13.2. The molecular weight excluding hydrogens is 438 g/mol. The van der Waals surface area contributed by atoms with Gasteiger partial charge in [0.25, 0.3) is 11.7 Å². The number of carbonyl (C=O) groups excluding carboxylic acids is 2. The molecule has 7 heteroatoms. The van der Waals surface area contributed by atoms with E-state index in [1.807, 2.05) is 64.3 Å². The fraction of sp³-hybridized carbons (Fsp3) is 0.462. The summed E-state index contributed by atoms with van der Waals surface area (Å²) in [6.07, 6.45) is 0.702. The van der Waals surface area contributed by atoms with Crippen molar-refractivity contribution in [1.29, 1.82) is 0 Å². The van der Waals surface area contributed by atoms with Gasteiger partial charge in [0.15, 0.2) is 0 Å². The van der Waals surface area contributed by atoms with Gasteiger partial charge in [-0.15, -0.1) is 11.3 Å². The number of aliphatic hydroxyl groups excluding tert-OH is 1. The molecule has 0 saturated carbocycles. The number of hydrogen-bond acceptors (Lipinski definition) is 6. The summed E-state index contributed by atoms with van der Waals surface area (Å²) in [5.41, 5.74) is 2.38. The Morgan fingerprint density at radius 2 is 1.94 bits per heavy atom. The molecule has 0 spiro atoms. The molecule has 2 heterocycles. The van der Waals surface area contributed by atoms with Crippen LogP contribution >= 0.6 is 11.3 Å². The molecule has 1 aliphatic rings. The molecule has 1 unspecified atom stereocenters. The molecule has 3 rings (SSSR count). The zero-order valence-corrected chi connectivity index (χ0v) is 21.0. The van der Waals surface area contributed by atoms with Gasteiger partial charge in [-0.2, -0.15) is 0 Å². The van der Waals surface area contributed by atoms with Gasteiger partial charge in [-0.05, 0) is 67.8 Å². The highest BCUT2D eigenvalue weighted by molar-refractivity contribution is 7.10. The van der Waals surface area contributed by atoms with Crippen molar-refractivity contribution in [2.24, 2.45) is 0 Å². The van der Waals surface area contributed by atoms with E-state index in [-0.39, 0.29) is 23.4 Å². The van der Waals surface area contributed by atoms with E-state index in [1.54, 1.807) is 12.0 Å². The minimum absolute atomic E-state index is 0.0988. The number of Topliss-reactive ketones (excluding diaryl/α,β-unsaturated/α-hetero) is 1. The van der Waals surface area contributed by atoms with Crippen LogP contribution in [-0.4, -0.2) is 48.1 Å². The Labute approximate surface area is 199 Å². The van der Waals surface area contributed by atoms with Crippen molar-refractivity contribution in [3.05, 3.63) is 56.8 Å². The Balaban J connectivity index is 2.08. The molecule has 1 fully saturated rings. The second kappa shape index (κ2) is 10.5. The van der Waals surface area contributed by atoms with Crippen molar-refractivity contribution < 1.29 is 24.2 Å². The van der Waals surface area contributed by atoms with Crippen LogP contribution in [-0.2, 0) is 14.3 Å². The van der Waals surface area contributed by atoms with Crippen molar-refractivity contribution in [2.45, 2.75) is 59.1 Å². The first kappa shape index (κ1) is 25.0. The highest BCUT2D eigenvalue weighted by Gasteiger charge is 2.46. The summed E-state index contributed by atoms with van der Waals surface area (Å²) >= 11 is 1.46. The fourth-order valence-electron chi connectivity index (χ4n) is 4.13. The molecule has 0 aliphatic carbocycles. The van der Waals surface area contributed by atoms with Crippen LogP contribution < -0.4 is 4.74 Å². The van der Waals surface area contributed by atoms with Crippen LogP contribution in [0.2, 0.25) is 0 Å². The largest absolute Gasteiger partial charge is 0.507 e. The van der Waals surface area contributed by atoms with Gasteiger partial charge in [0.05, 0.1) is 24.8 Å². The van der Waals surface area contributed by atoms with Gasteiger partial charge in [-0.25, -0.2) is 0 Å². The molecule has 1 aliphatic heterocycles. The van der Waals surface area contributed by atoms with E-state index < -0.39 is 17.7 Å². The van der Waals surface area contributed by atoms with Gasteiger partial charge < -0.3 is 19.5 Å². The molecule has 6 nitrogen and oxygen atoms in total. The zero-order chi connectivity index (χ0) is 24.3. The number of aryl methyl sites for hydroxylation is 1. The molecule has 178 valence electrons. The maximum Gasteiger partial charge on any atom is 0.295 e. The highest BCUT2D eigenvalue weighted by Crippen LogP contribution is 2.42. The van der Waals surface area contributed by atoms with Crippen LogP contribution in [0.1, 0.15) is 67.6 Å². The third-order valence-electron chi connectivity index (χ3n) is 5.80. The molecule has 1 amide bonds. The van der Waals surface area contributed by atoms with Crippen molar-refractivity contribution in [3.63, 3.8) is 0 Å². The third-order valence-corrected chi connectivity index (χ3v) is 6.73.